The van der Waals surface area contributed by atoms with E-state index < -0.39 is 17.5 Å². The zero-order valence-corrected chi connectivity index (χ0v) is 10.3. The van der Waals surface area contributed by atoms with Gasteiger partial charge in [0.2, 0.25) is 0 Å². The highest BCUT2D eigenvalue weighted by atomic mass is 16.4. The van der Waals surface area contributed by atoms with Crippen LogP contribution in [-0.2, 0) is 4.79 Å². The highest BCUT2D eigenvalue weighted by Gasteiger charge is 2.30. The molecule has 1 unspecified atom stereocenters. The van der Waals surface area contributed by atoms with E-state index in [9.17, 15) is 14.7 Å². The lowest BCUT2D eigenvalue weighted by molar-refractivity contribution is -0.155. The van der Waals surface area contributed by atoms with E-state index in [1.807, 2.05) is 6.07 Å². The van der Waals surface area contributed by atoms with Gasteiger partial charge >= 0.3 is 5.97 Å². The van der Waals surface area contributed by atoms with Crippen LogP contribution in [0.4, 0.5) is 0 Å². The van der Waals surface area contributed by atoms with E-state index in [0.29, 0.717) is 5.56 Å². The Kier molecular flexibility index (Phi) is 3.26. The molecule has 19 heavy (non-hydrogen) atoms. The summed E-state index contributed by atoms with van der Waals surface area (Å²) in [6, 6.07) is 6.92. The molecule has 2 aromatic rings. The maximum Gasteiger partial charge on any atom is 0.337 e. The number of aliphatic hydroxyl groups is 1. The molecule has 1 aromatic heterocycles. The summed E-state index contributed by atoms with van der Waals surface area (Å²) in [6.45, 7) is 0.775. The fourth-order valence-corrected chi connectivity index (χ4v) is 1.62. The van der Waals surface area contributed by atoms with Gasteiger partial charge in [0.1, 0.15) is 0 Å². The Bertz CT molecular complexity index is 630. The Balaban J connectivity index is 2.09. The largest absolute Gasteiger partial charge is 0.479 e. The van der Waals surface area contributed by atoms with Crippen LogP contribution in [0.25, 0.3) is 10.9 Å². The van der Waals surface area contributed by atoms with Crippen molar-refractivity contribution in [3.63, 3.8) is 0 Å². The molecule has 0 spiro atoms. The SMILES string of the molecule is CC(O)(CNC(=O)c1ccc2[nH]ccc2c1)C(=O)O. The van der Waals surface area contributed by atoms with E-state index >= 15 is 0 Å². The van der Waals surface area contributed by atoms with Crippen LogP contribution in [0.1, 0.15) is 17.3 Å². The third kappa shape index (κ3) is 2.74. The normalized spacial score (nSPS) is 14.0. The molecule has 6 heteroatoms. The number of hydrogen-bond acceptors (Lipinski definition) is 3. The van der Waals surface area contributed by atoms with Crippen molar-refractivity contribution in [2.75, 3.05) is 6.54 Å². The Morgan fingerprint density at radius 3 is 2.79 bits per heavy atom. The molecule has 0 saturated carbocycles. The van der Waals surface area contributed by atoms with Gasteiger partial charge in [-0.05, 0) is 31.2 Å². The fraction of sp³-hybridized carbons (Fsp3) is 0.231. The number of carboxylic acids is 1. The predicted octanol–water partition coefficient (Wildman–Crippen LogP) is 0.733. The molecule has 1 heterocycles. The number of H-pyrrole nitrogens is 1. The van der Waals surface area contributed by atoms with Gasteiger partial charge in [0, 0.05) is 22.7 Å². The Morgan fingerprint density at radius 2 is 2.11 bits per heavy atom. The first-order valence-electron chi connectivity index (χ1n) is 5.71. The molecule has 1 aromatic carbocycles. The fourth-order valence-electron chi connectivity index (χ4n) is 1.62. The number of aliphatic carboxylic acids is 1. The first-order valence-corrected chi connectivity index (χ1v) is 5.71. The van der Waals surface area contributed by atoms with Crippen molar-refractivity contribution in [3.05, 3.63) is 36.0 Å². The monoisotopic (exact) mass is 262 g/mol. The predicted molar refractivity (Wildman–Crippen MR) is 68.9 cm³/mol. The molecule has 100 valence electrons. The molecule has 0 fully saturated rings. The topological polar surface area (TPSA) is 102 Å². The number of amides is 1. The van der Waals surface area contributed by atoms with Crippen LogP contribution in [-0.4, -0.2) is 39.2 Å². The quantitative estimate of drug-likeness (QED) is 0.652. The van der Waals surface area contributed by atoms with Gasteiger partial charge in [-0.1, -0.05) is 0 Å². The van der Waals surface area contributed by atoms with Gasteiger partial charge in [-0.25, -0.2) is 4.79 Å². The van der Waals surface area contributed by atoms with Gasteiger partial charge in [-0.15, -0.1) is 0 Å². The lowest BCUT2D eigenvalue weighted by Crippen LogP contribution is -2.46. The van der Waals surface area contributed by atoms with Crippen LogP contribution in [0.2, 0.25) is 0 Å². The molecule has 0 aliphatic carbocycles. The van der Waals surface area contributed by atoms with Crippen molar-refractivity contribution in [2.45, 2.75) is 12.5 Å². The van der Waals surface area contributed by atoms with Crippen LogP contribution in [0.3, 0.4) is 0 Å². The van der Waals surface area contributed by atoms with Gasteiger partial charge in [-0.2, -0.15) is 0 Å². The van der Waals surface area contributed by atoms with Crippen molar-refractivity contribution < 1.29 is 19.8 Å². The van der Waals surface area contributed by atoms with Gasteiger partial charge in [0.25, 0.3) is 5.91 Å². The summed E-state index contributed by atoms with van der Waals surface area (Å²) in [5, 5.41) is 21.5. The Hall–Kier alpha value is -2.34. The van der Waals surface area contributed by atoms with Crippen molar-refractivity contribution >= 4 is 22.8 Å². The van der Waals surface area contributed by atoms with Crippen molar-refractivity contribution in [2.24, 2.45) is 0 Å². The molecule has 4 N–H and O–H groups in total. The standard InChI is InChI=1S/C13H14N2O4/c1-13(19,12(17)18)7-15-11(16)9-2-3-10-8(6-9)4-5-14-10/h2-6,14,19H,7H2,1H3,(H,15,16)(H,17,18). The van der Waals surface area contributed by atoms with Crippen molar-refractivity contribution in [1.82, 2.24) is 10.3 Å². The van der Waals surface area contributed by atoms with Crippen LogP contribution in [0.15, 0.2) is 30.5 Å². The second-order valence-electron chi connectivity index (χ2n) is 4.54. The van der Waals surface area contributed by atoms with Crippen LogP contribution in [0.5, 0.6) is 0 Å². The minimum atomic E-state index is -1.98. The number of rotatable bonds is 4. The third-order valence-corrected chi connectivity index (χ3v) is 2.87. The minimum absolute atomic E-state index is 0.355. The number of nitrogens with one attached hydrogen (secondary N) is 2. The van der Waals surface area contributed by atoms with Gasteiger partial charge < -0.3 is 20.5 Å². The lowest BCUT2D eigenvalue weighted by atomic mass is 10.1. The summed E-state index contributed by atoms with van der Waals surface area (Å²) < 4.78 is 0. The van der Waals surface area contributed by atoms with Crippen LogP contribution >= 0.6 is 0 Å². The maximum absolute atomic E-state index is 11.9. The number of carbonyl (C=O) groups excluding carboxylic acids is 1. The number of carboxylic acid groups (broad SMARTS) is 1. The summed E-state index contributed by atoms with van der Waals surface area (Å²) >= 11 is 0. The summed E-state index contributed by atoms with van der Waals surface area (Å²) in [7, 11) is 0. The zero-order chi connectivity index (χ0) is 14.0. The highest BCUT2D eigenvalue weighted by Crippen LogP contribution is 2.14. The van der Waals surface area contributed by atoms with E-state index in [1.165, 1.54) is 0 Å². The molecule has 2 rings (SSSR count). The molecule has 0 saturated heterocycles. The molecule has 0 aliphatic heterocycles. The van der Waals surface area contributed by atoms with E-state index in [1.54, 1.807) is 24.4 Å². The van der Waals surface area contributed by atoms with Gasteiger partial charge in [0.15, 0.2) is 5.60 Å². The van der Waals surface area contributed by atoms with Crippen molar-refractivity contribution in [3.8, 4) is 0 Å². The second-order valence-corrected chi connectivity index (χ2v) is 4.54. The highest BCUT2D eigenvalue weighted by molar-refractivity contribution is 5.98. The molecular weight excluding hydrogens is 248 g/mol. The average Bonchev–Trinajstić information content (AvgIpc) is 2.82. The third-order valence-electron chi connectivity index (χ3n) is 2.87. The first kappa shape index (κ1) is 13.1. The molecule has 0 aliphatic rings. The van der Waals surface area contributed by atoms with Gasteiger partial charge in [-0.3, -0.25) is 4.79 Å². The molecule has 1 amide bonds. The van der Waals surface area contributed by atoms with E-state index in [0.717, 1.165) is 17.8 Å². The number of aromatic nitrogens is 1. The Morgan fingerprint density at radius 1 is 1.37 bits per heavy atom. The smallest absolute Gasteiger partial charge is 0.337 e. The average molecular weight is 262 g/mol. The molecule has 6 nitrogen and oxygen atoms in total. The van der Waals surface area contributed by atoms with E-state index in [2.05, 4.69) is 10.3 Å². The van der Waals surface area contributed by atoms with Crippen LogP contribution in [0, 0.1) is 0 Å². The Labute approximate surface area is 109 Å². The van der Waals surface area contributed by atoms with Gasteiger partial charge in [0.05, 0.1) is 6.54 Å². The second kappa shape index (κ2) is 4.74. The molecule has 0 radical (unpaired) electrons. The first-order chi connectivity index (χ1) is 8.90. The molecule has 1 atom stereocenters. The van der Waals surface area contributed by atoms with E-state index in [4.69, 9.17) is 5.11 Å². The number of aromatic amines is 1. The number of carbonyl (C=O) groups is 2. The number of benzene rings is 1. The molecular formula is C13H14N2O4. The number of hydrogen-bond donors (Lipinski definition) is 4. The minimum Gasteiger partial charge on any atom is -0.479 e. The summed E-state index contributed by atoms with van der Waals surface area (Å²) in [5.41, 5.74) is -0.657. The summed E-state index contributed by atoms with van der Waals surface area (Å²) in [6.07, 6.45) is 1.77. The summed E-state index contributed by atoms with van der Waals surface area (Å²) in [4.78, 5) is 25.6. The summed E-state index contributed by atoms with van der Waals surface area (Å²) in [5.74, 6) is -1.81. The van der Waals surface area contributed by atoms with E-state index in [-0.39, 0.29) is 6.54 Å². The number of fused-ring (bicyclic) bond motifs is 1. The molecule has 0 bridgehead atoms. The lowest BCUT2D eigenvalue weighted by Gasteiger charge is -2.18. The van der Waals surface area contributed by atoms with Crippen LogP contribution < -0.4 is 5.32 Å². The van der Waals surface area contributed by atoms with Crippen molar-refractivity contribution in [1.29, 1.82) is 0 Å². The zero-order valence-electron chi connectivity index (χ0n) is 10.3. The maximum atomic E-state index is 11.9.